The molecule has 2 aromatic carbocycles. The summed E-state index contributed by atoms with van der Waals surface area (Å²) in [5.74, 6) is -0.865. The number of thiophene rings is 1. The third-order valence-electron chi connectivity index (χ3n) is 6.45. The number of hydrogen-bond acceptors (Lipinski definition) is 8. The van der Waals surface area contributed by atoms with E-state index in [2.05, 4.69) is 10.3 Å². The van der Waals surface area contributed by atoms with Crippen molar-refractivity contribution in [2.24, 2.45) is 4.99 Å². The minimum absolute atomic E-state index is 0.0811. The van der Waals surface area contributed by atoms with Gasteiger partial charge in [-0.2, -0.15) is 5.01 Å². The van der Waals surface area contributed by atoms with Gasteiger partial charge in [-0.05, 0) is 60.7 Å². The molecule has 5 aromatic rings. The van der Waals surface area contributed by atoms with Crippen LogP contribution in [-0.4, -0.2) is 29.2 Å². The van der Waals surface area contributed by atoms with Crippen LogP contribution in [0, 0.1) is 5.82 Å². The highest BCUT2D eigenvalue weighted by molar-refractivity contribution is 7.21. The van der Waals surface area contributed by atoms with E-state index < -0.39 is 5.90 Å². The highest BCUT2D eigenvalue weighted by Crippen LogP contribution is 2.41. The van der Waals surface area contributed by atoms with E-state index >= 15 is 0 Å². The number of benzene rings is 2. The summed E-state index contributed by atoms with van der Waals surface area (Å²) < 4.78 is 19.5. The molecule has 0 bridgehead atoms. The molecule has 6 rings (SSSR count). The number of nitrogen functional groups attached to an aromatic ring is 1. The van der Waals surface area contributed by atoms with E-state index in [1.165, 1.54) is 18.6 Å². The number of rotatable bonds is 5. The van der Waals surface area contributed by atoms with E-state index in [-0.39, 0.29) is 22.3 Å². The summed E-state index contributed by atoms with van der Waals surface area (Å²) in [5.41, 5.74) is 9.49. The molecule has 38 heavy (non-hydrogen) atoms. The Morgan fingerprint density at radius 1 is 1.11 bits per heavy atom. The molecule has 8 nitrogen and oxygen atoms in total. The zero-order valence-corrected chi connectivity index (χ0v) is 21.7. The fourth-order valence-electron chi connectivity index (χ4n) is 4.58. The summed E-state index contributed by atoms with van der Waals surface area (Å²) in [4.78, 5) is 11.2. The van der Waals surface area contributed by atoms with E-state index in [4.69, 9.17) is 26.8 Å². The first-order valence-electron chi connectivity index (χ1n) is 12.1. The zero-order chi connectivity index (χ0) is 26.2. The standard InChI is InChI=1S/C27H22ClFN6O2S/c28-18-9-7-16(8-10-18)21-14-20(17-5-4-6-19(29)13-17)23-24(30)25(38-27(23)31-21)26(36)32-22-15-35(33-37-22)34-11-2-1-3-12-34/h4-10,13-15H,1-3,11-12H2,(H2-,30,32,33,36). The van der Waals surface area contributed by atoms with Crippen molar-refractivity contribution < 1.29 is 18.8 Å². The second-order valence-corrected chi connectivity index (χ2v) is 10.4. The highest BCUT2D eigenvalue weighted by atomic mass is 35.5. The van der Waals surface area contributed by atoms with Gasteiger partial charge in [0.1, 0.15) is 10.6 Å². The monoisotopic (exact) mass is 548 g/mol. The zero-order valence-electron chi connectivity index (χ0n) is 20.1. The lowest BCUT2D eigenvalue weighted by molar-refractivity contribution is -0.759. The number of nitrogens with two attached hydrogens (primary N) is 1. The number of nitrogens with zero attached hydrogens (tertiary/aromatic N) is 5. The van der Waals surface area contributed by atoms with Crippen LogP contribution in [-0.2, 0) is 0 Å². The second-order valence-electron chi connectivity index (χ2n) is 8.99. The van der Waals surface area contributed by atoms with Crippen LogP contribution in [0.5, 0.6) is 0 Å². The van der Waals surface area contributed by atoms with Crippen molar-refractivity contribution in [1.82, 2.24) is 10.3 Å². The average Bonchev–Trinajstić information content (AvgIpc) is 3.53. The Labute approximate surface area is 226 Å². The lowest BCUT2D eigenvalue weighted by atomic mass is 9.99. The summed E-state index contributed by atoms with van der Waals surface area (Å²) in [6.45, 7) is 1.72. The predicted molar refractivity (Wildman–Crippen MR) is 145 cm³/mol. The van der Waals surface area contributed by atoms with Crippen molar-refractivity contribution >= 4 is 50.6 Å². The van der Waals surface area contributed by atoms with Gasteiger partial charge in [-0.15, -0.1) is 11.3 Å². The van der Waals surface area contributed by atoms with E-state index in [9.17, 15) is 9.50 Å². The molecule has 1 fully saturated rings. The maximum atomic E-state index is 14.2. The molecule has 1 aliphatic heterocycles. The number of aromatic nitrogens is 3. The molecular weight excluding hydrogens is 527 g/mol. The van der Waals surface area contributed by atoms with Crippen LogP contribution in [0.4, 0.5) is 16.0 Å². The summed E-state index contributed by atoms with van der Waals surface area (Å²) in [5, 5.41) is 20.4. The Bertz CT molecular complexity index is 1660. The lowest BCUT2D eigenvalue weighted by Crippen LogP contribution is -2.60. The number of halogens is 2. The molecule has 3 aromatic heterocycles. The third-order valence-corrected chi connectivity index (χ3v) is 7.79. The maximum Gasteiger partial charge on any atom is 0.324 e. The van der Waals surface area contributed by atoms with Crippen molar-refractivity contribution in [2.45, 2.75) is 19.3 Å². The first-order valence-corrected chi connectivity index (χ1v) is 13.3. The molecule has 0 radical (unpaired) electrons. The quantitative estimate of drug-likeness (QED) is 0.191. The molecule has 2 N–H and O–H groups in total. The SMILES string of the molecule is Nc1c(/C([O-])=N/c2c[n+](N3CCCCC3)no2)sc2nc(-c3ccc(Cl)cc3)cc(-c3cccc(F)c3)c12. The number of anilines is 1. The van der Waals surface area contributed by atoms with Crippen LogP contribution < -0.4 is 20.6 Å². The summed E-state index contributed by atoms with van der Waals surface area (Å²) >= 11 is 7.20. The van der Waals surface area contributed by atoms with Crippen LogP contribution in [0.1, 0.15) is 24.1 Å². The topological polar surface area (TPSA) is 107 Å². The van der Waals surface area contributed by atoms with Gasteiger partial charge in [0, 0.05) is 21.9 Å². The maximum absolute atomic E-state index is 14.2. The van der Waals surface area contributed by atoms with Crippen LogP contribution in [0.3, 0.4) is 0 Å². The van der Waals surface area contributed by atoms with Gasteiger partial charge in [-0.1, -0.05) is 35.9 Å². The van der Waals surface area contributed by atoms with E-state index in [0.29, 0.717) is 32.1 Å². The molecule has 11 heteroatoms. The molecule has 192 valence electrons. The minimum Gasteiger partial charge on any atom is -0.857 e. The summed E-state index contributed by atoms with van der Waals surface area (Å²) in [6.07, 6.45) is 4.91. The molecular formula is C27H22ClFN6O2S. The van der Waals surface area contributed by atoms with Gasteiger partial charge in [-0.3, -0.25) is 4.52 Å². The third kappa shape index (κ3) is 4.68. The van der Waals surface area contributed by atoms with E-state index in [1.54, 1.807) is 35.3 Å². The molecule has 0 aliphatic carbocycles. The van der Waals surface area contributed by atoms with Gasteiger partial charge in [0.25, 0.3) is 6.20 Å². The lowest BCUT2D eigenvalue weighted by Gasteiger charge is -2.17. The molecule has 0 saturated carbocycles. The highest BCUT2D eigenvalue weighted by Gasteiger charge is 2.23. The van der Waals surface area contributed by atoms with Crippen molar-refractivity contribution in [3.63, 3.8) is 0 Å². The number of fused-ring (bicyclic) bond motifs is 1. The Morgan fingerprint density at radius 2 is 1.89 bits per heavy atom. The number of aliphatic imine (C=N–C) groups is 1. The van der Waals surface area contributed by atoms with Gasteiger partial charge < -0.3 is 10.8 Å². The number of piperidine rings is 1. The molecule has 4 heterocycles. The van der Waals surface area contributed by atoms with Crippen LogP contribution in [0.15, 0.2) is 70.3 Å². The average molecular weight is 549 g/mol. The normalized spacial score (nSPS) is 14.4. The first kappa shape index (κ1) is 24.3. The minimum atomic E-state index is -0.564. The second kappa shape index (κ2) is 10.0. The van der Waals surface area contributed by atoms with Gasteiger partial charge in [0.05, 0.1) is 34.1 Å². The molecule has 0 unspecified atom stereocenters. The largest absolute Gasteiger partial charge is 0.857 e. The van der Waals surface area contributed by atoms with Crippen molar-refractivity contribution in [2.75, 3.05) is 23.8 Å². The van der Waals surface area contributed by atoms with Gasteiger partial charge in [0.15, 0.2) is 0 Å². The Kier molecular flexibility index (Phi) is 6.42. The predicted octanol–water partition coefficient (Wildman–Crippen LogP) is 4.84. The fraction of sp³-hybridized carbons (Fsp3) is 0.185. The van der Waals surface area contributed by atoms with Crippen LogP contribution in [0.25, 0.3) is 32.6 Å². The molecule has 1 aliphatic rings. The Hall–Kier alpha value is -4.02. The Balaban J connectivity index is 1.45. The summed E-state index contributed by atoms with van der Waals surface area (Å²) in [6, 6.07) is 15.3. The molecule has 0 atom stereocenters. The molecule has 1 saturated heterocycles. The Morgan fingerprint density at radius 3 is 2.66 bits per heavy atom. The fourth-order valence-corrected chi connectivity index (χ4v) is 5.71. The molecule has 0 amide bonds. The molecule has 0 spiro atoms. The van der Waals surface area contributed by atoms with E-state index in [1.807, 2.05) is 23.2 Å². The van der Waals surface area contributed by atoms with Gasteiger partial charge in [-0.25, -0.2) is 14.4 Å². The van der Waals surface area contributed by atoms with Crippen LogP contribution in [0.2, 0.25) is 5.02 Å². The van der Waals surface area contributed by atoms with Gasteiger partial charge >= 0.3 is 5.88 Å². The van der Waals surface area contributed by atoms with Crippen molar-refractivity contribution in [1.29, 1.82) is 0 Å². The van der Waals surface area contributed by atoms with Gasteiger partial charge in [0.2, 0.25) is 5.27 Å². The first-order chi connectivity index (χ1) is 18.5. The smallest absolute Gasteiger partial charge is 0.324 e. The number of hydrogen-bond donors (Lipinski definition) is 1. The van der Waals surface area contributed by atoms with Crippen LogP contribution >= 0.6 is 22.9 Å². The number of pyridine rings is 1. The van der Waals surface area contributed by atoms with E-state index in [0.717, 1.165) is 42.8 Å². The summed E-state index contributed by atoms with van der Waals surface area (Å²) in [7, 11) is 0. The van der Waals surface area contributed by atoms with Crippen molar-refractivity contribution in [3.8, 4) is 22.4 Å². The van der Waals surface area contributed by atoms with Crippen molar-refractivity contribution in [3.05, 3.63) is 76.5 Å².